The van der Waals surface area contributed by atoms with E-state index in [0.29, 0.717) is 13.1 Å². The number of hydrogen-bond donors (Lipinski definition) is 1. The topological polar surface area (TPSA) is 49.4 Å². The Morgan fingerprint density at radius 1 is 1.26 bits per heavy atom. The summed E-state index contributed by atoms with van der Waals surface area (Å²) in [7, 11) is -1.93. The molecule has 0 saturated carbocycles. The Morgan fingerprint density at radius 3 is 2.39 bits per heavy atom. The first-order chi connectivity index (χ1) is 10.2. The first-order valence-corrected chi connectivity index (χ1v) is 8.51. The molecular weight excluding hydrogens is 353 g/mol. The van der Waals surface area contributed by atoms with E-state index >= 15 is 0 Å². The van der Waals surface area contributed by atoms with Crippen LogP contribution in [0.5, 0.6) is 0 Å². The van der Waals surface area contributed by atoms with E-state index in [4.69, 9.17) is 0 Å². The Hall–Kier alpha value is -0.830. The quantitative estimate of drug-likeness (QED) is 0.884. The minimum Gasteiger partial charge on any atom is -0.319 e. The summed E-state index contributed by atoms with van der Waals surface area (Å²) >= 11 is 0. The number of hydrogen-bond acceptors (Lipinski definition) is 3. The first kappa shape index (κ1) is 20.2. The van der Waals surface area contributed by atoms with E-state index in [-0.39, 0.29) is 23.2 Å². The fourth-order valence-corrected chi connectivity index (χ4v) is 4.22. The number of rotatable bonds is 4. The van der Waals surface area contributed by atoms with Gasteiger partial charge in [0.15, 0.2) is 0 Å². The summed E-state index contributed by atoms with van der Waals surface area (Å²) in [6.45, 7) is 1.52. The van der Waals surface area contributed by atoms with Gasteiger partial charge in [-0.15, -0.1) is 12.4 Å². The largest absolute Gasteiger partial charge is 0.416 e. The van der Waals surface area contributed by atoms with Gasteiger partial charge in [-0.25, -0.2) is 8.42 Å². The van der Waals surface area contributed by atoms with Crippen LogP contribution in [0.25, 0.3) is 0 Å². The van der Waals surface area contributed by atoms with Gasteiger partial charge in [0, 0.05) is 13.1 Å². The molecule has 1 aliphatic rings. The Balaban J connectivity index is 0.00000264. The predicted molar refractivity (Wildman–Crippen MR) is 84.1 cm³/mol. The number of piperidine rings is 1. The van der Waals surface area contributed by atoms with Crippen LogP contribution < -0.4 is 5.32 Å². The van der Waals surface area contributed by atoms with Gasteiger partial charge in [0.2, 0.25) is 10.0 Å². The van der Waals surface area contributed by atoms with Crippen LogP contribution in [-0.4, -0.2) is 39.4 Å². The van der Waals surface area contributed by atoms with Gasteiger partial charge in [-0.1, -0.05) is 0 Å². The van der Waals surface area contributed by atoms with Crippen LogP contribution in [0.4, 0.5) is 13.2 Å². The number of nitrogens with zero attached hydrogens (tertiary/aromatic N) is 1. The van der Waals surface area contributed by atoms with Crippen molar-refractivity contribution in [2.45, 2.75) is 23.9 Å². The highest BCUT2D eigenvalue weighted by Crippen LogP contribution is 2.30. The highest BCUT2D eigenvalue weighted by molar-refractivity contribution is 7.89. The van der Waals surface area contributed by atoms with Crippen molar-refractivity contribution in [2.24, 2.45) is 5.92 Å². The van der Waals surface area contributed by atoms with Gasteiger partial charge in [-0.3, -0.25) is 0 Å². The number of benzene rings is 1. The molecular formula is C14H20ClF3N2O2S. The molecule has 1 aromatic carbocycles. The molecule has 0 bridgehead atoms. The average Bonchev–Trinajstić information content (AvgIpc) is 2.47. The van der Waals surface area contributed by atoms with Crippen molar-refractivity contribution in [3.05, 3.63) is 29.8 Å². The van der Waals surface area contributed by atoms with E-state index < -0.39 is 21.8 Å². The fourth-order valence-electron chi connectivity index (χ4n) is 2.67. The lowest BCUT2D eigenvalue weighted by Gasteiger charge is -2.31. The van der Waals surface area contributed by atoms with Crippen LogP contribution in [0.1, 0.15) is 18.4 Å². The van der Waals surface area contributed by atoms with Gasteiger partial charge in [-0.05, 0) is 56.6 Å². The molecule has 4 nitrogen and oxygen atoms in total. The van der Waals surface area contributed by atoms with Crippen molar-refractivity contribution < 1.29 is 21.6 Å². The minimum atomic E-state index is -4.47. The molecule has 2 rings (SSSR count). The van der Waals surface area contributed by atoms with E-state index in [1.807, 2.05) is 7.05 Å². The van der Waals surface area contributed by atoms with Gasteiger partial charge >= 0.3 is 6.18 Å². The second kappa shape index (κ2) is 7.83. The smallest absolute Gasteiger partial charge is 0.319 e. The molecule has 1 aromatic rings. The molecule has 9 heteroatoms. The van der Waals surface area contributed by atoms with Gasteiger partial charge in [0.05, 0.1) is 10.5 Å². The summed E-state index contributed by atoms with van der Waals surface area (Å²) in [4.78, 5) is -0.0920. The van der Waals surface area contributed by atoms with Crippen molar-refractivity contribution in [2.75, 3.05) is 26.7 Å². The van der Waals surface area contributed by atoms with Crippen molar-refractivity contribution in [1.29, 1.82) is 0 Å². The first-order valence-electron chi connectivity index (χ1n) is 7.07. The molecule has 1 saturated heterocycles. The summed E-state index contributed by atoms with van der Waals surface area (Å²) in [5.41, 5.74) is -0.849. The van der Waals surface area contributed by atoms with Crippen LogP contribution in [-0.2, 0) is 16.2 Å². The lowest BCUT2D eigenvalue weighted by Crippen LogP contribution is -2.42. The van der Waals surface area contributed by atoms with E-state index in [9.17, 15) is 21.6 Å². The fraction of sp³-hybridized carbons (Fsp3) is 0.571. The Kier molecular flexibility index (Phi) is 6.88. The number of sulfonamides is 1. The maximum absolute atomic E-state index is 12.5. The van der Waals surface area contributed by atoms with Crippen LogP contribution in [0.15, 0.2) is 29.2 Å². The second-order valence-corrected chi connectivity index (χ2v) is 7.39. The lowest BCUT2D eigenvalue weighted by atomic mass is 10.00. The van der Waals surface area contributed by atoms with Gasteiger partial charge in [-0.2, -0.15) is 17.5 Å². The van der Waals surface area contributed by atoms with Crippen LogP contribution in [0, 0.1) is 5.92 Å². The van der Waals surface area contributed by atoms with E-state index in [2.05, 4.69) is 5.32 Å². The summed E-state index contributed by atoms with van der Waals surface area (Å²) in [5.74, 6) is 0.225. The van der Waals surface area contributed by atoms with Crippen molar-refractivity contribution in [1.82, 2.24) is 9.62 Å². The molecule has 0 aliphatic carbocycles. The second-order valence-electron chi connectivity index (χ2n) is 5.45. The van der Waals surface area contributed by atoms with Crippen molar-refractivity contribution >= 4 is 22.4 Å². The van der Waals surface area contributed by atoms with Crippen LogP contribution >= 0.6 is 12.4 Å². The summed E-state index contributed by atoms with van der Waals surface area (Å²) in [5, 5.41) is 3.03. The van der Waals surface area contributed by atoms with E-state index in [1.165, 1.54) is 4.31 Å². The molecule has 132 valence electrons. The number of halogens is 4. The van der Waals surface area contributed by atoms with Crippen molar-refractivity contribution in [3.63, 3.8) is 0 Å². The molecule has 1 fully saturated rings. The summed E-state index contributed by atoms with van der Waals surface area (Å²) < 4.78 is 64.0. The standard InChI is InChI=1S/C14H19F3N2O2S.ClH/c1-18-9-11-3-2-8-19(10-11)22(20,21)13-6-4-12(5-7-13)14(15,16)17;/h4-7,11,18H,2-3,8-10H2,1H3;1H. The SMILES string of the molecule is CNCC1CCCN(S(=O)(=O)c2ccc(C(F)(F)F)cc2)C1.Cl. The van der Waals surface area contributed by atoms with E-state index in [0.717, 1.165) is 43.7 Å². The highest BCUT2D eigenvalue weighted by atomic mass is 35.5. The number of nitrogens with one attached hydrogen (secondary N) is 1. The van der Waals surface area contributed by atoms with Crippen LogP contribution in [0.2, 0.25) is 0 Å². The Labute approximate surface area is 140 Å². The highest BCUT2D eigenvalue weighted by Gasteiger charge is 2.33. The minimum absolute atomic E-state index is 0. The Morgan fingerprint density at radius 2 is 1.87 bits per heavy atom. The molecule has 0 amide bonds. The molecule has 0 spiro atoms. The zero-order valence-corrected chi connectivity index (χ0v) is 14.3. The predicted octanol–water partition coefficient (Wildman–Crippen LogP) is 2.75. The third-order valence-corrected chi connectivity index (χ3v) is 5.67. The molecule has 1 aliphatic heterocycles. The average molecular weight is 373 g/mol. The molecule has 1 atom stereocenters. The zero-order valence-electron chi connectivity index (χ0n) is 12.6. The van der Waals surface area contributed by atoms with Crippen LogP contribution in [0.3, 0.4) is 0 Å². The molecule has 23 heavy (non-hydrogen) atoms. The molecule has 1 N–H and O–H groups in total. The maximum Gasteiger partial charge on any atom is 0.416 e. The van der Waals surface area contributed by atoms with Gasteiger partial charge in [0.25, 0.3) is 0 Å². The molecule has 0 aromatic heterocycles. The third-order valence-electron chi connectivity index (χ3n) is 3.79. The lowest BCUT2D eigenvalue weighted by molar-refractivity contribution is -0.137. The van der Waals surface area contributed by atoms with Gasteiger partial charge < -0.3 is 5.32 Å². The Bertz CT molecular complexity index is 603. The molecule has 0 radical (unpaired) electrons. The third kappa shape index (κ3) is 4.82. The van der Waals surface area contributed by atoms with Crippen molar-refractivity contribution in [3.8, 4) is 0 Å². The molecule has 1 heterocycles. The van der Waals surface area contributed by atoms with E-state index in [1.54, 1.807) is 0 Å². The maximum atomic E-state index is 12.5. The number of alkyl halides is 3. The normalized spacial score (nSPS) is 20.1. The zero-order chi connectivity index (χ0) is 16.4. The van der Waals surface area contributed by atoms with Gasteiger partial charge in [0.1, 0.15) is 0 Å². The monoisotopic (exact) mass is 372 g/mol. The molecule has 1 unspecified atom stereocenters. The summed E-state index contributed by atoms with van der Waals surface area (Å²) in [6, 6.07) is 3.67. The summed E-state index contributed by atoms with van der Waals surface area (Å²) in [6.07, 6.45) is -2.77.